The van der Waals surface area contributed by atoms with Crippen molar-refractivity contribution in [2.24, 2.45) is 0 Å². The molecule has 0 bridgehead atoms. The summed E-state index contributed by atoms with van der Waals surface area (Å²) in [6.45, 7) is 0. The highest BCUT2D eigenvalue weighted by Gasteiger charge is 2.15. The van der Waals surface area contributed by atoms with Gasteiger partial charge in [-0.1, -0.05) is 17.7 Å². The summed E-state index contributed by atoms with van der Waals surface area (Å²) in [5, 5.41) is 2.52. The molecule has 0 aromatic heterocycles. The van der Waals surface area contributed by atoms with Crippen LogP contribution in [0.4, 0.5) is 15.8 Å². The van der Waals surface area contributed by atoms with Gasteiger partial charge >= 0.3 is 0 Å². The summed E-state index contributed by atoms with van der Waals surface area (Å²) in [7, 11) is 1.47. The third-order valence-electron chi connectivity index (χ3n) is 2.71. The first-order chi connectivity index (χ1) is 9.52. The molecule has 3 N–H and O–H groups in total. The third kappa shape index (κ3) is 2.83. The van der Waals surface area contributed by atoms with E-state index in [0.29, 0.717) is 5.75 Å². The van der Waals surface area contributed by atoms with E-state index >= 15 is 0 Å². The number of hydrogen-bond donors (Lipinski definition) is 2. The number of rotatable bonds is 3. The highest BCUT2D eigenvalue weighted by molar-refractivity contribution is 6.34. The minimum absolute atomic E-state index is 0.0820. The molecular weight excluding hydrogens is 283 g/mol. The summed E-state index contributed by atoms with van der Waals surface area (Å²) in [6, 6.07) is 8.77. The lowest BCUT2D eigenvalue weighted by atomic mass is 10.1. The minimum atomic E-state index is -0.618. The predicted molar refractivity (Wildman–Crippen MR) is 76.8 cm³/mol. The number of ether oxygens (including phenoxy) is 1. The molecule has 2 aromatic rings. The quantitative estimate of drug-likeness (QED) is 0.854. The molecule has 4 nitrogen and oxygen atoms in total. The van der Waals surface area contributed by atoms with Gasteiger partial charge in [0.25, 0.3) is 5.91 Å². The van der Waals surface area contributed by atoms with Gasteiger partial charge in [0.05, 0.1) is 23.4 Å². The minimum Gasteiger partial charge on any atom is -0.497 e. The molecule has 2 rings (SSSR count). The van der Waals surface area contributed by atoms with E-state index in [-0.39, 0.29) is 22.0 Å². The molecule has 0 aliphatic rings. The molecule has 2 aromatic carbocycles. The van der Waals surface area contributed by atoms with E-state index in [1.807, 2.05) is 0 Å². The molecule has 0 atom stereocenters. The zero-order chi connectivity index (χ0) is 14.7. The van der Waals surface area contributed by atoms with Crippen LogP contribution in [0.2, 0.25) is 5.02 Å². The Kier molecular flexibility index (Phi) is 4.10. The molecule has 0 saturated heterocycles. The summed E-state index contributed by atoms with van der Waals surface area (Å²) in [5.41, 5.74) is 6.09. The molecule has 20 heavy (non-hydrogen) atoms. The Balaban J connectivity index is 2.33. The van der Waals surface area contributed by atoms with Crippen molar-refractivity contribution in [3.05, 3.63) is 52.8 Å². The topological polar surface area (TPSA) is 64.3 Å². The number of nitrogen functional groups attached to an aromatic ring is 1. The summed E-state index contributed by atoms with van der Waals surface area (Å²) in [6.07, 6.45) is 0. The van der Waals surface area contributed by atoms with Crippen molar-refractivity contribution < 1.29 is 13.9 Å². The SMILES string of the molecule is COc1ccc(N)c(C(=O)Nc2c(F)cccc2Cl)c1. The van der Waals surface area contributed by atoms with Crippen molar-refractivity contribution in [3.8, 4) is 5.75 Å². The predicted octanol–water partition coefficient (Wildman–Crippen LogP) is 3.32. The Hall–Kier alpha value is -2.27. The Morgan fingerprint density at radius 2 is 2.10 bits per heavy atom. The van der Waals surface area contributed by atoms with Crippen molar-refractivity contribution in [2.75, 3.05) is 18.2 Å². The fourth-order valence-electron chi connectivity index (χ4n) is 1.66. The van der Waals surface area contributed by atoms with E-state index in [2.05, 4.69) is 5.32 Å². The Bertz CT molecular complexity index is 641. The fraction of sp³-hybridized carbons (Fsp3) is 0.0714. The van der Waals surface area contributed by atoms with E-state index in [9.17, 15) is 9.18 Å². The number of halogens is 2. The van der Waals surface area contributed by atoms with Gasteiger partial charge < -0.3 is 15.8 Å². The third-order valence-corrected chi connectivity index (χ3v) is 3.02. The molecule has 0 fully saturated rings. The number of carbonyl (C=O) groups is 1. The summed E-state index contributed by atoms with van der Waals surface area (Å²) in [4.78, 5) is 12.1. The second-order valence-corrected chi connectivity index (χ2v) is 4.41. The number of nitrogens with one attached hydrogen (secondary N) is 1. The van der Waals surface area contributed by atoms with Crippen molar-refractivity contribution in [2.45, 2.75) is 0 Å². The Labute approximate surface area is 120 Å². The normalized spacial score (nSPS) is 10.2. The molecular formula is C14H12ClFN2O2. The molecule has 0 saturated carbocycles. The largest absolute Gasteiger partial charge is 0.497 e. The number of para-hydroxylation sites is 1. The summed E-state index contributed by atoms with van der Waals surface area (Å²) < 4.78 is 18.6. The highest BCUT2D eigenvalue weighted by atomic mass is 35.5. The van der Waals surface area contributed by atoms with Crippen LogP contribution < -0.4 is 15.8 Å². The van der Waals surface area contributed by atoms with E-state index in [4.69, 9.17) is 22.1 Å². The Morgan fingerprint density at radius 3 is 2.75 bits per heavy atom. The lowest BCUT2D eigenvalue weighted by molar-refractivity contribution is 0.102. The van der Waals surface area contributed by atoms with E-state index in [0.717, 1.165) is 0 Å². The van der Waals surface area contributed by atoms with Crippen molar-refractivity contribution in [1.82, 2.24) is 0 Å². The van der Waals surface area contributed by atoms with Gasteiger partial charge in [0, 0.05) is 5.69 Å². The average molecular weight is 295 g/mol. The molecule has 0 aliphatic heterocycles. The number of anilines is 2. The van der Waals surface area contributed by atoms with Crippen molar-refractivity contribution in [1.29, 1.82) is 0 Å². The zero-order valence-electron chi connectivity index (χ0n) is 10.6. The van der Waals surface area contributed by atoms with Crippen LogP contribution in [0.1, 0.15) is 10.4 Å². The molecule has 0 unspecified atom stereocenters. The zero-order valence-corrected chi connectivity index (χ0v) is 11.4. The monoisotopic (exact) mass is 294 g/mol. The van der Waals surface area contributed by atoms with Gasteiger partial charge in [-0.25, -0.2) is 4.39 Å². The van der Waals surface area contributed by atoms with Gasteiger partial charge in [0.2, 0.25) is 0 Å². The Morgan fingerprint density at radius 1 is 1.35 bits per heavy atom. The first-order valence-electron chi connectivity index (χ1n) is 5.72. The lowest BCUT2D eigenvalue weighted by Crippen LogP contribution is -2.15. The van der Waals surface area contributed by atoms with Gasteiger partial charge in [-0.3, -0.25) is 4.79 Å². The summed E-state index contributed by atoms with van der Waals surface area (Å²) >= 11 is 5.85. The fourth-order valence-corrected chi connectivity index (χ4v) is 1.87. The van der Waals surface area contributed by atoms with E-state index in [1.165, 1.54) is 37.4 Å². The average Bonchev–Trinajstić information content (AvgIpc) is 2.43. The molecule has 0 heterocycles. The lowest BCUT2D eigenvalue weighted by Gasteiger charge is -2.11. The number of nitrogens with two attached hydrogens (primary N) is 1. The number of methoxy groups -OCH3 is 1. The van der Waals surface area contributed by atoms with Gasteiger partial charge in [0.1, 0.15) is 11.6 Å². The first kappa shape index (κ1) is 14.1. The van der Waals surface area contributed by atoms with Gasteiger partial charge in [-0.15, -0.1) is 0 Å². The van der Waals surface area contributed by atoms with Crippen LogP contribution in [0.5, 0.6) is 5.75 Å². The van der Waals surface area contributed by atoms with Gasteiger partial charge in [0.15, 0.2) is 0 Å². The maximum absolute atomic E-state index is 13.6. The first-order valence-corrected chi connectivity index (χ1v) is 6.09. The maximum Gasteiger partial charge on any atom is 0.258 e. The molecule has 104 valence electrons. The van der Waals surface area contributed by atoms with Crippen LogP contribution in [0.25, 0.3) is 0 Å². The van der Waals surface area contributed by atoms with Crippen LogP contribution in [0.3, 0.4) is 0 Å². The highest BCUT2D eigenvalue weighted by Crippen LogP contribution is 2.26. The number of hydrogen-bond acceptors (Lipinski definition) is 3. The second-order valence-electron chi connectivity index (χ2n) is 4.00. The van der Waals surface area contributed by atoms with E-state index in [1.54, 1.807) is 6.07 Å². The smallest absolute Gasteiger partial charge is 0.258 e. The summed E-state index contributed by atoms with van der Waals surface area (Å²) in [5.74, 6) is -0.704. The number of amides is 1. The molecule has 0 aliphatic carbocycles. The molecule has 6 heteroatoms. The van der Waals surface area contributed by atoms with Crippen molar-refractivity contribution >= 4 is 28.9 Å². The van der Waals surface area contributed by atoms with Gasteiger partial charge in [-0.2, -0.15) is 0 Å². The van der Waals surface area contributed by atoms with Crippen LogP contribution >= 0.6 is 11.6 Å². The molecule has 1 amide bonds. The molecule has 0 radical (unpaired) electrons. The van der Waals surface area contributed by atoms with Crippen LogP contribution in [-0.4, -0.2) is 13.0 Å². The maximum atomic E-state index is 13.6. The van der Waals surface area contributed by atoms with E-state index < -0.39 is 11.7 Å². The molecule has 0 spiro atoms. The van der Waals surface area contributed by atoms with Gasteiger partial charge in [-0.05, 0) is 30.3 Å². The second kappa shape index (κ2) is 5.79. The number of carbonyl (C=O) groups excluding carboxylic acids is 1. The van der Waals surface area contributed by atoms with Crippen LogP contribution in [0.15, 0.2) is 36.4 Å². The van der Waals surface area contributed by atoms with Crippen LogP contribution in [-0.2, 0) is 0 Å². The standard InChI is InChI=1S/C14H12ClFN2O2/c1-20-8-5-6-12(17)9(7-8)14(19)18-13-10(15)3-2-4-11(13)16/h2-7H,17H2,1H3,(H,18,19). The van der Waals surface area contributed by atoms with Crippen molar-refractivity contribution in [3.63, 3.8) is 0 Å². The number of benzene rings is 2. The van der Waals surface area contributed by atoms with Crippen LogP contribution in [0, 0.1) is 5.82 Å².